The van der Waals surface area contributed by atoms with E-state index in [9.17, 15) is 13.6 Å². The van der Waals surface area contributed by atoms with E-state index in [0.717, 1.165) is 58.0 Å². The molecule has 4 aliphatic heterocycles. The molecule has 38 heavy (non-hydrogen) atoms. The zero-order valence-corrected chi connectivity index (χ0v) is 22.2. The van der Waals surface area contributed by atoms with Crippen molar-refractivity contribution in [1.29, 1.82) is 0 Å². The second-order valence-electron chi connectivity index (χ2n) is 10.5. The van der Waals surface area contributed by atoms with E-state index in [4.69, 9.17) is 21.1 Å². The molecule has 4 saturated heterocycles. The van der Waals surface area contributed by atoms with Crippen molar-refractivity contribution in [2.24, 2.45) is 0 Å². The number of amides is 1. The van der Waals surface area contributed by atoms with Crippen molar-refractivity contribution in [1.82, 2.24) is 20.0 Å². The Balaban J connectivity index is 0.000000158. The molecule has 1 N–H and O–H groups in total. The number of hydrogen-bond donors (Lipinski definition) is 1. The average molecular weight is 549 g/mol. The van der Waals surface area contributed by atoms with Gasteiger partial charge in [-0.05, 0) is 35.4 Å². The molecule has 10 heteroatoms. The number of benzene rings is 2. The summed E-state index contributed by atoms with van der Waals surface area (Å²) in [4.78, 5) is 18.6. The third-order valence-electron chi connectivity index (χ3n) is 7.45. The maximum absolute atomic E-state index is 12.9. The highest BCUT2D eigenvalue weighted by Gasteiger charge is 2.40. The van der Waals surface area contributed by atoms with Crippen LogP contribution in [0.15, 0.2) is 48.5 Å². The molecular weight excluding hydrogens is 514 g/mol. The number of carbonyl (C=O) groups is 1. The zero-order chi connectivity index (χ0) is 26.5. The summed E-state index contributed by atoms with van der Waals surface area (Å²) in [6.45, 7) is 7.91. The molecule has 7 nitrogen and oxygen atoms in total. The Hall–Kier alpha value is -2.14. The number of piperazine rings is 2. The van der Waals surface area contributed by atoms with Crippen LogP contribution in [0.4, 0.5) is 8.78 Å². The van der Waals surface area contributed by atoms with E-state index in [2.05, 4.69) is 15.1 Å². The van der Waals surface area contributed by atoms with E-state index in [1.54, 1.807) is 12.1 Å². The third-order valence-corrected chi connectivity index (χ3v) is 7.68. The van der Waals surface area contributed by atoms with Crippen molar-refractivity contribution in [2.45, 2.75) is 37.3 Å². The lowest BCUT2D eigenvalue weighted by atomic mass is 10.0. The van der Waals surface area contributed by atoms with E-state index >= 15 is 0 Å². The van der Waals surface area contributed by atoms with Crippen molar-refractivity contribution in [3.8, 4) is 0 Å². The molecular formula is C28H35ClF2N4O3. The van der Waals surface area contributed by atoms with Crippen LogP contribution in [0.25, 0.3) is 0 Å². The largest absolute Gasteiger partial charge is 0.378 e. The molecule has 6 rings (SSSR count). The number of rotatable bonds is 5. The van der Waals surface area contributed by atoms with E-state index in [1.807, 2.05) is 17.0 Å². The average Bonchev–Trinajstić information content (AvgIpc) is 2.91. The molecule has 4 aliphatic rings. The Bertz CT molecular complexity index is 1040. The van der Waals surface area contributed by atoms with Crippen LogP contribution < -0.4 is 5.32 Å². The quantitative estimate of drug-likeness (QED) is 0.580. The highest BCUT2D eigenvalue weighted by molar-refractivity contribution is 6.27. The van der Waals surface area contributed by atoms with Crippen LogP contribution in [0.1, 0.15) is 11.1 Å². The maximum Gasteiger partial charge on any atom is 0.238 e. The maximum atomic E-state index is 12.9. The Morgan fingerprint density at radius 1 is 0.763 bits per heavy atom. The summed E-state index contributed by atoms with van der Waals surface area (Å²) < 4.78 is 36.8. The second-order valence-corrected chi connectivity index (χ2v) is 10.8. The molecule has 1 amide bonds. The van der Waals surface area contributed by atoms with Gasteiger partial charge in [0.1, 0.15) is 17.5 Å². The molecule has 2 aromatic rings. The van der Waals surface area contributed by atoms with Gasteiger partial charge in [-0.3, -0.25) is 14.6 Å². The van der Waals surface area contributed by atoms with Crippen LogP contribution in [0.3, 0.4) is 0 Å². The summed E-state index contributed by atoms with van der Waals surface area (Å²) in [7, 11) is 0. The van der Waals surface area contributed by atoms with Gasteiger partial charge in [-0.1, -0.05) is 24.3 Å². The number of fused-ring (bicyclic) bond motifs is 4. The topological polar surface area (TPSA) is 57.3 Å². The van der Waals surface area contributed by atoms with Gasteiger partial charge in [-0.25, -0.2) is 8.78 Å². The molecule has 4 atom stereocenters. The van der Waals surface area contributed by atoms with Gasteiger partial charge in [0.15, 0.2) is 0 Å². The molecule has 4 fully saturated rings. The van der Waals surface area contributed by atoms with E-state index in [0.29, 0.717) is 25.3 Å². The highest BCUT2D eigenvalue weighted by atomic mass is 35.5. The summed E-state index contributed by atoms with van der Waals surface area (Å²) in [6, 6.07) is 14.4. The molecule has 4 unspecified atom stereocenters. The molecule has 4 bridgehead atoms. The zero-order valence-electron chi connectivity index (χ0n) is 21.4. The van der Waals surface area contributed by atoms with Gasteiger partial charge in [0.25, 0.3) is 0 Å². The molecule has 2 aromatic carbocycles. The van der Waals surface area contributed by atoms with E-state index in [1.165, 1.54) is 29.8 Å². The molecule has 0 radical (unpaired) electrons. The number of hydrogen-bond acceptors (Lipinski definition) is 6. The summed E-state index contributed by atoms with van der Waals surface area (Å²) >= 11 is 5.70. The van der Waals surface area contributed by atoms with Crippen molar-refractivity contribution < 1.29 is 23.0 Å². The van der Waals surface area contributed by atoms with Crippen molar-refractivity contribution >= 4 is 17.5 Å². The molecule has 0 aliphatic carbocycles. The smallest absolute Gasteiger partial charge is 0.238 e. The molecule has 0 aromatic heterocycles. The first-order valence-electron chi connectivity index (χ1n) is 13.2. The van der Waals surface area contributed by atoms with Gasteiger partial charge in [0.05, 0.1) is 38.5 Å². The summed E-state index contributed by atoms with van der Waals surface area (Å²) in [5.74, 6) is -0.386. The molecule has 206 valence electrons. The minimum absolute atomic E-state index is 0.0172. The predicted molar refractivity (Wildman–Crippen MR) is 141 cm³/mol. The fraction of sp³-hybridized carbons (Fsp3) is 0.536. The van der Waals surface area contributed by atoms with E-state index in [-0.39, 0.29) is 35.5 Å². The van der Waals surface area contributed by atoms with Gasteiger partial charge in [0.2, 0.25) is 5.91 Å². The number of alkyl halides is 1. The van der Waals surface area contributed by atoms with Crippen LogP contribution in [-0.4, -0.2) is 103 Å². The number of ether oxygens (including phenoxy) is 2. The van der Waals surface area contributed by atoms with Crippen molar-refractivity contribution in [2.75, 3.05) is 58.5 Å². The summed E-state index contributed by atoms with van der Waals surface area (Å²) in [6.07, 6.45) is 0. The van der Waals surface area contributed by atoms with Gasteiger partial charge in [0, 0.05) is 51.4 Å². The van der Waals surface area contributed by atoms with Gasteiger partial charge in [-0.15, -0.1) is 11.6 Å². The lowest BCUT2D eigenvalue weighted by Crippen LogP contribution is -2.66. The number of morpholine rings is 2. The second kappa shape index (κ2) is 12.8. The number of nitrogens with one attached hydrogen (secondary N) is 1. The Morgan fingerprint density at radius 2 is 1.21 bits per heavy atom. The van der Waals surface area contributed by atoms with Crippen LogP contribution in [0.2, 0.25) is 0 Å². The van der Waals surface area contributed by atoms with Crippen LogP contribution in [0.5, 0.6) is 0 Å². The fourth-order valence-corrected chi connectivity index (χ4v) is 6.01. The lowest BCUT2D eigenvalue weighted by Gasteiger charge is -2.49. The molecule has 4 heterocycles. The first-order valence-corrected chi connectivity index (χ1v) is 13.7. The monoisotopic (exact) mass is 548 g/mol. The Morgan fingerprint density at radius 3 is 1.68 bits per heavy atom. The third kappa shape index (κ3) is 7.08. The SMILES string of the molecule is Fc1ccc(CN2CC3COCC(C2)N3)cc1.O=C(CCl)N1C2COCC1CN(Cc1ccc(F)cc1)C2. The highest BCUT2D eigenvalue weighted by Crippen LogP contribution is 2.23. The number of nitrogens with zero attached hydrogens (tertiary/aromatic N) is 3. The van der Waals surface area contributed by atoms with Crippen molar-refractivity contribution in [3.05, 3.63) is 71.3 Å². The van der Waals surface area contributed by atoms with Gasteiger partial charge >= 0.3 is 0 Å². The van der Waals surface area contributed by atoms with Gasteiger partial charge in [-0.2, -0.15) is 0 Å². The van der Waals surface area contributed by atoms with Crippen molar-refractivity contribution in [3.63, 3.8) is 0 Å². The van der Waals surface area contributed by atoms with Crippen LogP contribution in [-0.2, 0) is 27.4 Å². The summed E-state index contributed by atoms with van der Waals surface area (Å²) in [5.41, 5.74) is 2.25. The normalized spacial score (nSPS) is 27.4. The predicted octanol–water partition coefficient (Wildman–Crippen LogP) is 2.47. The Kier molecular flexibility index (Phi) is 9.24. The first kappa shape index (κ1) is 27.4. The minimum atomic E-state index is -0.221. The lowest BCUT2D eigenvalue weighted by molar-refractivity contribution is -0.152. The Labute approximate surface area is 227 Å². The van der Waals surface area contributed by atoms with Crippen LogP contribution >= 0.6 is 11.6 Å². The molecule has 0 spiro atoms. The first-order chi connectivity index (χ1) is 18.5. The van der Waals surface area contributed by atoms with Crippen LogP contribution in [0, 0.1) is 11.6 Å². The summed E-state index contributed by atoms with van der Waals surface area (Å²) in [5, 5.41) is 3.55. The van der Waals surface area contributed by atoms with E-state index < -0.39 is 0 Å². The fourth-order valence-electron chi connectivity index (χ4n) is 5.87. The number of carbonyl (C=O) groups excluding carboxylic acids is 1. The standard InChI is InChI=1S/C15H18ClFN2O2.C13H17FN2O/c16-5-15(20)19-13-7-18(8-14(19)10-21-9-13)6-11-1-3-12(17)4-2-11;14-11-3-1-10(2-4-11)5-16-6-12-8-17-9-13(7-16)15-12/h1-4,13-14H,5-10H2;1-4,12-13,15H,5-9H2. The van der Waals surface area contributed by atoms with Gasteiger partial charge < -0.3 is 19.7 Å². The number of halogens is 3. The minimum Gasteiger partial charge on any atom is -0.378 e. The molecule has 0 saturated carbocycles.